The number of likely N-dealkylation sites (tertiary alicyclic amines) is 1. The molecule has 2 aromatic heterocycles. The lowest BCUT2D eigenvalue weighted by Gasteiger charge is -2.24. The highest BCUT2D eigenvalue weighted by atomic mass is 16.5. The number of rotatable bonds is 5. The molecule has 1 amide bonds. The van der Waals surface area contributed by atoms with E-state index in [1.165, 1.54) is 12.0 Å². The Kier molecular flexibility index (Phi) is 5.21. The van der Waals surface area contributed by atoms with E-state index in [1.54, 1.807) is 6.92 Å². The molecule has 0 unspecified atom stereocenters. The molecule has 1 saturated heterocycles. The number of anilines is 1. The van der Waals surface area contributed by atoms with Crippen molar-refractivity contribution in [3.05, 3.63) is 76.9 Å². The number of aryl methyl sites for hydroxylation is 2. The number of carbonyl (C=O) groups excluding carboxylic acids is 1. The van der Waals surface area contributed by atoms with Crippen LogP contribution in [-0.2, 0) is 6.54 Å². The van der Waals surface area contributed by atoms with Gasteiger partial charge in [0.1, 0.15) is 11.4 Å². The number of nitrogens with zero attached hydrogens (tertiary/aromatic N) is 3. The Morgan fingerprint density at radius 3 is 2.71 bits per heavy atom. The molecule has 144 valence electrons. The van der Waals surface area contributed by atoms with Gasteiger partial charge in [0.25, 0.3) is 5.91 Å². The monoisotopic (exact) mass is 376 g/mol. The van der Waals surface area contributed by atoms with Gasteiger partial charge in [0.15, 0.2) is 5.76 Å². The predicted octanol–water partition coefficient (Wildman–Crippen LogP) is 4.28. The van der Waals surface area contributed by atoms with Gasteiger partial charge in [-0.2, -0.15) is 0 Å². The molecular formula is C22H24N4O2. The van der Waals surface area contributed by atoms with E-state index < -0.39 is 0 Å². The highest BCUT2D eigenvalue weighted by Crippen LogP contribution is 2.32. The van der Waals surface area contributed by atoms with Gasteiger partial charge in [-0.15, -0.1) is 0 Å². The van der Waals surface area contributed by atoms with Gasteiger partial charge in [0.05, 0.1) is 11.7 Å². The third kappa shape index (κ3) is 3.82. The SMILES string of the molecule is Cc1noc(C)c1NC(=O)c1ccc(CN2CCC[C@@H]2c2ccccn2)cc1. The number of benzene rings is 1. The van der Waals surface area contributed by atoms with Gasteiger partial charge in [-0.05, 0) is 63.1 Å². The third-order valence-electron chi connectivity index (χ3n) is 5.27. The average Bonchev–Trinajstić information content (AvgIpc) is 3.31. The van der Waals surface area contributed by atoms with Crippen LogP contribution in [0.4, 0.5) is 5.69 Å². The van der Waals surface area contributed by atoms with E-state index in [2.05, 4.69) is 26.4 Å². The highest BCUT2D eigenvalue weighted by molar-refractivity contribution is 6.04. The lowest BCUT2D eigenvalue weighted by Crippen LogP contribution is -2.23. The molecule has 3 heterocycles. The molecular weight excluding hydrogens is 352 g/mol. The smallest absolute Gasteiger partial charge is 0.255 e. The minimum Gasteiger partial charge on any atom is -0.359 e. The van der Waals surface area contributed by atoms with Crippen molar-refractivity contribution in [1.82, 2.24) is 15.0 Å². The molecule has 6 nitrogen and oxygen atoms in total. The van der Waals surface area contributed by atoms with Crippen molar-refractivity contribution >= 4 is 11.6 Å². The van der Waals surface area contributed by atoms with Crippen LogP contribution in [-0.4, -0.2) is 27.5 Å². The maximum absolute atomic E-state index is 12.5. The Morgan fingerprint density at radius 1 is 1.21 bits per heavy atom. The van der Waals surface area contributed by atoms with E-state index in [1.807, 2.05) is 49.5 Å². The lowest BCUT2D eigenvalue weighted by atomic mass is 10.1. The fraction of sp³-hybridized carbons (Fsp3) is 0.318. The molecule has 1 aliphatic heterocycles. The van der Waals surface area contributed by atoms with Crippen molar-refractivity contribution in [3.8, 4) is 0 Å². The minimum atomic E-state index is -0.159. The number of carbonyl (C=O) groups is 1. The summed E-state index contributed by atoms with van der Waals surface area (Å²) in [5, 5.41) is 6.75. The van der Waals surface area contributed by atoms with Crippen LogP contribution in [0.25, 0.3) is 0 Å². The number of nitrogens with one attached hydrogen (secondary N) is 1. The summed E-state index contributed by atoms with van der Waals surface area (Å²) in [5.74, 6) is 0.450. The Hall–Kier alpha value is -2.99. The molecule has 0 aliphatic carbocycles. The Morgan fingerprint density at radius 2 is 2.04 bits per heavy atom. The Balaban J connectivity index is 1.42. The van der Waals surface area contributed by atoms with Crippen molar-refractivity contribution in [3.63, 3.8) is 0 Å². The van der Waals surface area contributed by atoms with Gasteiger partial charge in [-0.25, -0.2) is 0 Å². The normalized spacial score (nSPS) is 17.0. The number of hydrogen-bond acceptors (Lipinski definition) is 5. The van der Waals surface area contributed by atoms with Crippen LogP contribution in [0.15, 0.2) is 53.2 Å². The Labute approximate surface area is 164 Å². The lowest BCUT2D eigenvalue weighted by molar-refractivity contribution is 0.102. The van der Waals surface area contributed by atoms with Gasteiger partial charge in [0, 0.05) is 18.3 Å². The fourth-order valence-corrected chi connectivity index (χ4v) is 3.77. The van der Waals surface area contributed by atoms with Crippen molar-refractivity contribution in [1.29, 1.82) is 0 Å². The highest BCUT2D eigenvalue weighted by Gasteiger charge is 2.26. The van der Waals surface area contributed by atoms with Crippen molar-refractivity contribution in [2.75, 3.05) is 11.9 Å². The molecule has 4 rings (SSSR count). The van der Waals surface area contributed by atoms with Gasteiger partial charge < -0.3 is 9.84 Å². The fourth-order valence-electron chi connectivity index (χ4n) is 3.77. The van der Waals surface area contributed by atoms with Gasteiger partial charge in [0.2, 0.25) is 0 Å². The van der Waals surface area contributed by atoms with Crippen molar-refractivity contribution < 1.29 is 9.32 Å². The third-order valence-corrected chi connectivity index (χ3v) is 5.27. The molecule has 1 aliphatic rings. The van der Waals surface area contributed by atoms with Crippen LogP contribution in [0.5, 0.6) is 0 Å². The zero-order valence-corrected chi connectivity index (χ0v) is 16.2. The van der Waals surface area contributed by atoms with E-state index in [0.717, 1.165) is 25.2 Å². The van der Waals surface area contributed by atoms with Gasteiger partial charge >= 0.3 is 0 Å². The zero-order chi connectivity index (χ0) is 19.5. The average molecular weight is 376 g/mol. The molecule has 3 aromatic rings. The Bertz CT molecular complexity index is 931. The van der Waals surface area contributed by atoms with Crippen LogP contribution in [0.3, 0.4) is 0 Å². The second-order valence-corrected chi connectivity index (χ2v) is 7.23. The van der Waals surface area contributed by atoms with Crippen LogP contribution in [0.2, 0.25) is 0 Å². The summed E-state index contributed by atoms with van der Waals surface area (Å²) in [6.45, 7) is 5.51. The molecule has 28 heavy (non-hydrogen) atoms. The standard InChI is InChI=1S/C22H24N4O2/c1-15-21(16(2)28-25-15)24-22(27)18-10-8-17(9-11-18)14-26-13-5-7-20(26)19-6-3-4-12-23-19/h3-4,6,8-12,20H,5,7,13-14H2,1-2H3,(H,24,27)/t20-/m1/s1. The van der Waals surface area contributed by atoms with Crippen LogP contribution < -0.4 is 5.32 Å². The maximum Gasteiger partial charge on any atom is 0.255 e. The summed E-state index contributed by atoms with van der Waals surface area (Å²) in [4.78, 5) is 19.5. The molecule has 6 heteroatoms. The molecule has 0 spiro atoms. The van der Waals surface area contributed by atoms with Crippen molar-refractivity contribution in [2.24, 2.45) is 0 Å². The van der Waals surface area contributed by atoms with Gasteiger partial charge in [-0.3, -0.25) is 14.7 Å². The summed E-state index contributed by atoms with van der Waals surface area (Å²) >= 11 is 0. The second kappa shape index (κ2) is 7.94. The number of hydrogen-bond donors (Lipinski definition) is 1. The largest absolute Gasteiger partial charge is 0.359 e. The van der Waals surface area contributed by atoms with E-state index in [0.29, 0.717) is 28.7 Å². The number of amides is 1. The van der Waals surface area contributed by atoms with E-state index >= 15 is 0 Å². The topological polar surface area (TPSA) is 71.3 Å². The summed E-state index contributed by atoms with van der Waals surface area (Å²) in [6.07, 6.45) is 4.17. The molecule has 1 atom stereocenters. The van der Waals surface area contributed by atoms with Crippen molar-refractivity contribution in [2.45, 2.75) is 39.3 Å². The molecule has 1 aromatic carbocycles. The second-order valence-electron chi connectivity index (χ2n) is 7.23. The predicted molar refractivity (Wildman–Crippen MR) is 107 cm³/mol. The zero-order valence-electron chi connectivity index (χ0n) is 16.2. The molecule has 1 fully saturated rings. The summed E-state index contributed by atoms with van der Waals surface area (Å²) < 4.78 is 5.10. The van der Waals surface area contributed by atoms with Crippen LogP contribution >= 0.6 is 0 Å². The quantitative estimate of drug-likeness (QED) is 0.720. The first-order chi connectivity index (χ1) is 13.6. The summed E-state index contributed by atoms with van der Waals surface area (Å²) in [7, 11) is 0. The maximum atomic E-state index is 12.5. The molecule has 0 radical (unpaired) electrons. The van der Waals surface area contributed by atoms with Crippen LogP contribution in [0, 0.1) is 13.8 Å². The first kappa shape index (κ1) is 18.4. The summed E-state index contributed by atoms with van der Waals surface area (Å²) in [5.41, 5.74) is 4.26. The van der Waals surface area contributed by atoms with Crippen LogP contribution in [0.1, 0.15) is 52.0 Å². The van der Waals surface area contributed by atoms with E-state index in [4.69, 9.17) is 4.52 Å². The van der Waals surface area contributed by atoms with Gasteiger partial charge in [-0.1, -0.05) is 23.4 Å². The molecule has 1 N–H and O–H groups in total. The number of aromatic nitrogens is 2. The minimum absolute atomic E-state index is 0.159. The number of pyridine rings is 1. The summed E-state index contributed by atoms with van der Waals surface area (Å²) in [6, 6.07) is 14.3. The first-order valence-corrected chi connectivity index (χ1v) is 9.60. The van der Waals surface area contributed by atoms with E-state index in [-0.39, 0.29) is 5.91 Å². The van der Waals surface area contributed by atoms with E-state index in [9.17, 15) is 4.79 Å². The molecule has 0 bridgehead atoms. The molecule has 0 saturated carbocycles. The first-order valence-electron chi connectivity index (χ1n) is 9.60.